The Hall–Kier alpha value is -1.94. The number of rotatable bonds is 1. The lowest BCUT2D eigenvalue weighted by Gasteiger charge is -2.21. The van der Waals surface area contributed by atoms with Crippen molar-refractivity contribution in [3.63, 3.8) is 0 Å². The fourth-order valence-electron chi connectivity index (χ4n) is 2.50. The van der Waals surface area contributed by atoms with Crippen molar-refractivity contribution < 1.29 is 14.6 Å². The van der Waals surface area contributed by atoms with Gasteiger partial charge >= 0.3 is 0 Å². The number of hydrogen-bond acceptors (Lipinski definition) is 4. The van der Waals surface area contributed by atoms with Gasteiger partial charge in [-0.2, -0.15) is 0 Å². The molecule has 106 valence electrons. The van der Waals surface area contributed by atoms with E-state index in [0.29, 0.717) is 18.9 Å². The van der Waals surface area contributed by atoms with Gasteiger partial charge in [-0.3, -0.25) is 0 Å². The summed E-state index contributed by atoms with van der Waals surface area (Å²) in [5.74, 6) is 1.51. The maximum Gasteiger partial charge on any atom is 0.161 e. The van der Waals surface area contributed by atoms with Crippen molar-refractivity contribution in [1.29, 1.82) is 0 Å². The van der Waals surface area contributed by atoms with E-state index in [1.807, 2.05) is 24.3 Å². The van der Waals surface area contributed by atoms with Crippen LogP contribution in [0.25, 0.3) is 10.8 Å². The van der Waals surface area contributed by atoms with Crippen molar-refractivity contribution in [2.75, 3.05) is 18.9 Å². The van der Waals surface area contributed by atoms with E-state index in [2.05, 4.69) is 0 Å². The first kappa shape index (κ1) is 13.1. The second-order valence-corrected chi connectivity index (χ2v) is 5.70. The van der Waals surface area contributed by atoms with Crippen LogP contribution in [0.3, 0.4) is 0 Å². The van der Waals surface area contributed by atoms with Gasteiger partial charge in [0.15, 0.2) is 11.5 Å². The molecule has 3 rings (SSSR count). The third kappa shape index (κ3) is 2.27. The molecule has 1 aliphatic heterocycles. The first-order valence-electron chi connectivity index (χ1n) is 6.81. The minimum Gasteiger partial charge on any atom is -0.490 e. The highest BCUT2D eigenvalue weighted by atomic mass is 16.5. The number of aliphatic hydroxyl groups is 1. The third-order valence-corrected chi connectivity index (χ3v) is 3.53. The molecule has 0 radical (unpaired) electrons. The van der Waals surface area contributed by atoms with Gasteiger partial charge in [-0.1, -0.05) is 0 Å². The van der Waals surface area contributed by atoms with Crippen LogP contribution in [0.4, 0.5) is 5.69 Å². The highest BCUT2D eigenvalue weighted by Crippen LogP contribution is 2.37. The van der Waals surface area contributed by atoms with E-state index in [0.717, 1.165) is 34.3 Å². The monoisotopic (exact) mass is 273 g/mol. The maximum absolute atomic E-state index is 10.2. The van der Waals surface area contributed by atoms with Gasteiger partial charge in [0.05, 0.1) is 18.8 Å². The lowest BCUT2D eigenvalue weighted by atomic mass is 9.93. The minimum absolute atomic E-state index is 0.583. The summed E-state index contributed by atoms with van der Waals surface area (Å²) in [6, 6.07) is 7.68. The van der Waals surface area contributed by atoms with Gasteiger partial charge in [0.2, 0.25) is 0 Å². The molecule has 0 spiro atoms. The molecule has 4 nitrogen and oxygen atoms in total. The first-order valence-corrected chi connectivity index (χ1v) is 6.81. The molecule has 0 bridgehead atoms. The van der Waals surface area contributed by atoms with Crippen LogP contribution in [0.2, 0.25) is 0 Å². The zero-order valence-corrected chi connectivity index (χ0v) is 11.8. The van der Waals surface area contributed by atoms with E-state index < -0.39 is 5.60 Å². The third-order valence-electron chi connectivity index (χ3n) is 3.53. The summed E-state index contributed by atoms with van der Waals surface area (Å²) in [7, 11) is 0. The summed E-state index contributed by atoms with van der Waals surface area (Å²) in [6.07, 6.45) is 0.877. The molecule has 0 fully saturated rings. The summed E-state index contributed by atoms with van der Waals surface area (Å²) in [5.41, 5.74) is 6.38. The Kier molecular flexibility index (Phi) is 2.98. The zero-order valence-electron chi connectivity index (χ0n) is 11.8. The Labute approximate surface area is 118 Å². The number of nitrogen functional groups attached to an aromatic ring is 1. The molecule has 2 aromatic rings. The Morgan fingerprint density at radius 1 is 1.00 bits per heavy atom. The Bertz CT molecular complexity index is 659. The van der Waals surface area contributed by atoms with Crippen molar-refractivity contribution in [3.8, 4) is 11.5 Å². The van der Waals surface area contributed by atoms with Gasteiger partial charge < -0.3 is 20.3 Å². The Morgan fingerprint density at radius 2 is 1.55 bits per heavy atom. The highest BCUT2D eigenvalue weighted by molar-refractivity contribution is 5.90. The van der Waals surface area contributed by atoms with E-state index in [1.54, 1.807) is 13.8 Å². The summed E-state index contributed by atoms with van der Waals surface area (Å²) in [5, 5.41) is 12.1. The maximum atomic E-state index is 10.2. The zero-order chi connectivity index (χ0) is 14.3. The van der Waals surface area contributed by atoms with Crippen molar-refractivity contribution in [2.45, 2.75) is 25.9 Å². The van der Waals surface area contributed by atoms with Gasteiger partial charge in [-0.05, 0) is 48.9 Å². The van der Waals surface area contributed by atoms with E-state index >= 15 is 0 Å². The average Bonchev–Trinajstić information content (AvgIpc) is 2.58. The van der Waals surface area contributed by atoms with Crippen LogP contribution >= 0.6 is 0 Å². The highest BCUT2D eigenvalue weighted by Gasteiger charge is 2.20. The molecule has 0 atom stereocenters. The Balaban J connectivity index is 2.19. The molecule has 4 heteroatoms. The minimum atomic E-state index is -0.970. The fourth-order valence-corrected chi connectivity index (χ4v) is 2.50. The summed E-state index contributed by atoms with van der Waals surface area (Å²) < 4.78 is 11.4. The van der Waals surface area contributed by atoms with Crippen LogP contribution < -0.4 is 15.2 Å². The molecule has 0 saturated carbocycles. The molecule has 1 aliphatic rings. The fraction of sp³-hybridized carbons (Fsp3) is 0.375. The molecule has 0 saturated heterocycles. The van der Waals surface area contributed by atoms with Crippen LogP contribution in [0, 0.1) is 0 Å². The van der Waals surface area contributed by atoms with Crippen molar-refractivity contribution in [1.82, 2.24) is 0 Å². The molecule has 0 aliphatic carbocycles. The van der Waals surface area contributed by atoms with Crippen LogP contribution in [0.15, 0.2) is 24.3 Å². The van der Waals surface area contributed by atoms with E-state index in [9.17, 15) is 5.11 Å². The summed E-state index contributed by atoms with van der Waals surface area (Å²) in [4.78, 5) is 0. The molecule has 0 aromatic heterocycles. The number of nitrogens with two attached hydrogens (primary N) is 1. The van der Waals surface area contributed by atoms with E-state index in [1.165, 1.54) is 0 Å². The molecule has 20 heavy (non-hydrogen) atoms. The standard InChI is InChI=1S/C16H19NO3/c1-16(2,18)12-6-10-8-14-15(20-5-3-4-19-14)9-11(10)7-13(12)17/h6-9,18H,3-5,17H2,1-2H3. The largest absolute Gasteiger partial charge is 0.490 e. The number of ether oxygens (including phenoxy) is 2. The first-order chi connectivity index (χ1) is 9.45. The predicted molar refractivity (Wildman–Crippen MR) is 79.2 cm³/mol. The molecule has 0 unspecified atom stereocenters. The SMILES string of the molecule is CC(C)(O)c1cc2cc3c(cc2cc1N)OCCCO3. The van der Waals surface area contributed by atoms with Gasteiger partial charge in [-0.15, -0.1) is 0 Å². The molecule has 0 amide bonds. The molecule has 3 N–H and O–H groups in total. The van der Waals surface area contributed by atoms with Crippen molar-refractivity contribution in [3.05, 3.63) is 29.8 Å². The number of hydrogen-bond donors (Lipinski definition) is 2. The second-order valence-electron chi connectivity index (χ2n) is 5.70. The predicted octanol–water partition coefficient (Wildman–Crippen LogP) is 2.81. The molecular formula is C16H19NO3. The van der Waals surface area contributed by atoms with Crippen LogP contribution in [-0.4, -0.2) is 18.3 Å². The lowest BCUT2D eigenvalue weighted by Crippen LogP contribution is -2.17. The van der Waals surface area contributed by atoms with Crippen LogP contribution in [-0.2, 0) is 5.60 Å². The van der Waals surface area contributed by atoms with E-state index in [4.69, 9.17) is 15.2 Å². The van der Waals surface area contributed by atoms with Crippen molar-refractivity contribution >= 4 is 16.5 Å². The smallest absolute Gasteiger partial charge is 0.161 e. The molecular weight excluding hydrogens is 254 g/mol. The number of anilines is 1. The summed E-state index contributed by atoms with van der Waals surface area (Å²) >= 11 is 0. The van der Waals surface area contributed by atoms with Crippen LogP contribution in [0.1, 0.15) is 25.8 Å². The molecule has 1 heterocycles. The van der Waals surface area contributed by atoms with Gasteiger partial charge in [-0.25, -0.2) is 0 Å². The summed E-state index contributed by atoms with van der Waals surface area (Å²) in [6.45, 7) is 4.78. The number of fused-ring (bicyclic) bond motifs is 2. The van der Waals surface area contributed by atoms with Crippen molar-refractivity contribution in [2.24, 2.45) is 0 Å². The average molecular weight is 273 g/mol. The second kappa shape index (κ2) is 4.56. The van der Waals surface area contributed by atoms with Gasteiger partial charge in [0, 0.05) is 17.7 Å². The van der Waals surface area contributed by atoms with E-state index in [-0.39, 0.29) is 0 Å². The van der Waals surface area contributed by atoms with Gasteiger partial charge in [0.25, 0.3) is 0 Å². The van der Waals surface area contributed by atoms with Gasteiger partial charge in [0.1, 0.15) is 0 Å². The number of benzene rings is 2. The lowest BCUT2D eigenvalue weighted by molar-refractivity contribution is 0.0795. The normalized spacial score (nSPS) is 15.2. The Morgan fingerprint density at radius 3 is 2.10 bits per heavy atom. The molecule has 2 aromatic carbocycles. The van der Waals surface area contributed by atoms with Crippen LogP contribution in [0.5, 0.6) is 11.5 Å². The topological polar surface area (TPSA) is 64.7 Å². The quantitative estimate of drug-likeness (QED) is 0.784.